The normalized spacial score (nSPS) is 10.6. The first-order chi connectivity index (χ1) is 8.01. The second-order valence-electron chi connectivity index (χ2n) is 3.86. The molecule has 0 unspecified atom stereocenters. The van der Waals surface area contributed by atoms with Gasteiger partial charge in [-0.15, -0.1) is 0 Å². The third-order valence-electron chi connectivity index (χ3n) is 2.29. The molecule has 0 spiro atoms. The number of aliphatic hydroxyl groups excluding tert-OH is 3. The van der Waals surface area contributed by atoms with Crippen molar-refractivity contribution in [1.82, 2.24) is 0 Å². The van der Waals surface area contributed by atoms with Crippen molar-refractivity contribution >= 4 is 0 Å². The number of aryl methyl sites for hydroxylation is 1. The van der Waals surface area contributed by atoms with Crippen LogP contribution in [0.5, 0.6) is 5.75 Å². The van der Waals surface area contributed by atoms with E-state index < -0.39 is 25.4 Å². The molecule has 0 saturated heterocycles. The second-order valence-corrected chi connectivity index (χ2v) is 3.86. The maximum absolute atomic E-state index is 8.85. The first-order valence-electron chi connectivity index (χ1n) is 5.40. The summed E-state index contributed by atoms with van der Waals surface area (Å²) in [4.78, 5) is 0. The molecule has 0 aliphatic rings. The van der Waals surface area contributed by atoms with E-state index >= 15 is 0 Å². The van der Waals surface area contributed by atoms with Crippen LogP contribution in [0, 0.1) is 0 Å². The van der Waals surface area contributed by atoms with Gasteiger partial charge < -0.3 is 26.2 Å². The number of hydrogen-bond acceptors (Lipinski definition) is 5. The van der Waals surface area contributed by atoms with E-state index in [9.17, 15) is 0 Å². The van der Waals surface area contributed by atoms with Gasteiger partial charge in [-0.25, -0.2) is 0 Å². The van der Waals surface area contributed by atoms with Gasteiger partial charge in [0, 0.05) is 0 Å². The Morgan fingerprint density at radius 3 is 1.65 bits per heavy atom. The highest BCUT2D eigenvalue weighted by atomic mass is 16.3. The molecule has 1 aromatic rings. The number of aromatic hydroxyl groups is 1. The molecule has 0 aromatic heterocycles. The van der Waals surface area contributed by atoms with Gasteiger partial charge in [0.25, 0.3) is 0 Å². The lowest BCUT2D eigenvalue weighted by Gasteiger charge is -2.20. The van der Waals surface area contributed by atoms with Crippen molar-refractivity contribution in [3.05, 3.63) is 29.8 Å². The van der Waals surface area contributed by atoms with E-state index in [1.54, 1.807) is 12.1 Å². The molecule has 5 nitrogen and oxygen atoms in total. The Bertz CT molecular complexity index is 288. The van der Waals surface area contributed by atoms with Crippen molar-refractivity contribution in [2.75, 3.05) is 19.8 Å². The molecule has 0 radical (unpaired) electrons. The summed E-state index contributed by atoms with van der Waals surface area (Å²) < 4.78 is 0. The molecule has 0 heterocycles. The number of nitrogens with two attached hydrogens (primary N) is 1. The molecule has 0 aliphatic heterocycles. The number of aliphatic hydroxyl groups is 3. The molecule has 0 fully saturated rings. The zero-order chi connectivity index (χ0) is 13.3. The lowest BCUT2D eigenvalue weighted by atomic mass is 10.1. The Morgan fingerprint density at radius 1 is 1.00 bits per heavy atom. The maximum Gasteiger partial charge on any atom is 0.115 e. The van der Waals surface area contributed by atoms with Gasteiger partial charge in [0.2, 0.25) is 0 Å². The van der Waals surface area contributed by atoms with Crippen LogP contribution in [0.2, 0.25) is 0 Å². The third kappa shape index (κ3) is 6.23. The molecule has 17 heavy (non-hydrogen) atoms. The van der Waals surface area contributed by atoms with Crippen LogP contribution < -0.4 is 5.73 Å². The summed E-state index contributed by atoms with van der Waals surface area (Å²) in [6.07, 6.45) is 1.03. The first kappa shape index (κ1) is 15.9. The molecule has 0 amide bonds. The molecule has 0 saturated carbocycles. The fraction of sp³-hybridized carbons (Fsp3) is 0.500. The van der Waals surface area contributed by atoms with Crippen LogP contribution in [0.1, 0.15) is 12.5 Å². The third-order valence-corrected chi connectivity index (χ3v) is 2.29. The molecule has 6 N–H and O–H groups in total. The smallest absolute Gasteiger partial charge is 0.115 e. The Balaban J connectivity index is 0.000000304. The van der Waals surface area contributed by atoms with E-state index in [0.717, 1.165) is 6.42 Å². The maximum atomic E-state index is 8.85. The second kappa shape index (κ2) is 8.03. The van der Waals surface area contributed by atoms with Gasteiger partial charge in [-0.3, -0.25) is 0 Å². The summed E-state index contributed by atoms with van der Waals surface area (Å²) in [6, 6.07) is 7.27. The molecular formula is C12H21NO4. The Kier molecular flexibility index (Phi) is 7.49. The predicted octanol–water partition coefficient (Wildman–Crippen LogP) is -0.385. The van der Waals surface area contributed by atoms with Crippen molar-refractivity contribution in [3.63, 3.8) is 0 Å². The topological polar surface area (TPSA) is 107 Å². The molecule has 0 atom stereocenters. The molecule has 1 aromatic carbocycles. The van der Waals surface area contributed by atoms with Crippen molar-refractivity contribution in [2.24, 2.45) is 5.73 Å². The average molecular weight is 243 g/mol. The summed E-state index contributed by atoms with van der Waals surface area (Å²) >= 11 is 0. The summed E-state index contributed by atoms with van der Waals surface area (Å²) in [5.41, 5.74) is 5.19. The van der Waals surface area contributed by atoms with Crippen molar-refractivity contribution in [3.8, 4) is 5.75 Å². The van der Waals surface area contributed by atoms with Gasteiger partial charge >= 0.3 is 0 Å². The zero-order valence-electron chi connectivity index (χ0n) is 10.0. The summed E-state index contributed by atoms with van der Waals surface area (Å²) in [6.45, 7) is 0.881. The van der Waals surface area contributed by atoms with E-state index in [1.807, 2.05) is 12.1 Å². The van der Waals surface area contributed by atoms with Crippen molar-refractivity contribution in [2.45, 2.75) is 18.9 Å². The van der Waals surface area contributed by atoms with Gasteiger partial charge in [0.05, 0.1) is 25.4 Å². The summed E-state index contributed by atoms with van der Waals surface area (Å²) in [5.74, 6) is 0.340. The SMILES string of the molecule is CCc1ccc(O)cc1.NC(CO)(CO)CO. The van der Waals surface area contributed by atoms with Gasteiger partial charge in [0.1, 0.15) is 5.75 Å². The Morgan fingerprint density at radius 2 is 1.41 bits per heavy atom. The quantitative estimate of drug-likeness (QED) is 0.495. The lowest BCUT2D eigenvalue weighted by Crippen LogP contribution is -2.50. The minimum absolute atomic E-state index is 0.340. The highest BCUT2D eigenvalue weighted by molar-refractivity contribution is 5.25. The zero-order valence-corrected chi connectivity index (χ0v) is 10.0. The van der Waals surface area contributed by atoms with E-state index in [2.05, 4.69) is 6.92 Å². The number of hydrogen-bond donors (Lipinski definition) is 5. The highest BCUT2D eigenvalue weighted by Gasteiger charge is 2.20. The monoisotopic (exact) mass is 243 g/mol. The summed E-state index contributed by atoms with van der Waals surface area (Å²) in [5, 5.41) is 33.9. The van der Waals surface area contributed by atoms with Crippen LogP contribution in [0.15, 0.2) is 24.3 Å². The van der Waals surface area contributed by atoms with E-state index in [4.69, 9.17) is 26.2 Å². The highest BCUT2D eigenvalue weighted by Crippen LogP contribution is 2.09. The Hall–Kier alpha value is -1.14. The molecular weight excluding hydrogens is 222 g/mol. The molecule has 98 valence electrons. The average Bonchev–Trinajstić information content (AvgIpc) is 2.39. The number of rotatable bonds is 4. The number of phenols is 1. The van der Waals surface area contributed by atoms with Crippen LogP contribution in [0.3, 0.4) is 0 Å². The summed E-state index contributed by atoms with van der Waals surface area (Å²) in [7, 11) is 0. The number of benzene rings is 1. The van der Waals surface area contributed by atoms with E-state index in [1.165, 1.54) is 5.56 Å². The van der Waals surface area contributed by atoms with Crippen molar-refractivity contribution < 1.29 is 20.4 Å². The molecule has 1 rings (SSSR count). The Labute approximate surface area is 101 Å². The van der Waals surface area contributed by atoms with Gasteiger partial charge in [-0.1, -0.05) is 19.1 Å². The van der Waals surface area contributed by atoms with Crippen LogP contribution >= 0.6 is 0 Å². The van der Waals surface area contributed by atoms with Crippen LogP contribution in [0.25, 0.3) is 0 Å². The van der Waals surface area contributed by atoms with Crippen LogP contribution in [0.4, 0.5) is 0 Å². The fourth-order valence-electron chi connectivity index (χ4n) is 0.882. The molecule has 0 aliphatic carbocycles. The first-order valence-corrected chi connectivity index (χ1v) is 5.40. The van der Waals surface area contributed by atoms with Gasteiger partial charge in [0.15, 0.2) is 0 Å². The van der Waals surface area contributed by atoms with Crippen molar-refractivity contribution in [1.29, 1.82) is 0 Å². The van der Waals surface area contributed by atoms with Gasteiger partial charge in [-0.05, 0) is 24.1 Å². The lowest BCUT2D eigenvalue weighted by molar-refractivity contribution is 0.0698. The fourth-order valence-corrected chi connectivity index (χ4v) is 0.882. The minimum Gasteiger partial charge on any atom is -0.508 e. The number of phenolic OH excluding ortho intramolecular Hbond substituents is 1. The van der Waals surface area contributed by atoms with Gasteiger partial charge in [-0.2, -0.15) is 0 Å². The largest absolute Gasteiger partial charge is 0.508 e. The van der Waals surface area contributed by atoms with Crippen LogP contribution in [-0.4, -0.2) is 45.8 Å². The minimum atomic E-state index is -1.21. The molecule has 5 heteroatoms. The van der Waals surface area contributed by atoms with E-state index in [0.29, 0.717) is 5.75 Å². The molecule has 0 bridgehead atoms. The predicted molar refractivity (Wildman–Crippen MR) is 65.7 cm³/mol. The van der Waals surface area contributed by atoms with E-state index in [-0.39, 0.29) is 0 Å². The standard InChI is InChI=1S/C8H10O.C4H11NO3/c1-2-7-3-5-8(9)6-4-7;5-4(1-6,2-7)3-8/h3-6,9H,2H2,1H3;6-8H,1-3,5H2. The van der Waals surface area contributed by atoms with Crippen LogP contribution in [-0.2, 0) is 6.42 Å².